The Morgan fingerprint density at radius 1 is 1.08 bits per heavy atom. The summed E-state index contributed by atoms with van der Waals surface area (Å²) in [5, 5.41) is 10.6. The highest BCUT2D eigenvalue weighted by Crippen LogP contribution is 2.36. The molecular formula is C23H20ClNO10S2. The van der Waals surface area contributed by atoms with E-state index in [1.165, 1.54) is 24.3 Å². The van der Waals surface area contributed by atoms with Crippen LogP contribution in [0.1, 0.15) is 43.4 Å². The second-order valence-corrected chi connectivity index (χ2v) is 11.2. The first-order valence-corrected chi connectivity index (χ1v) is 13.7. The van der Waals surface area contributed by atoms with Crippen LogP contribution in [0.4, 0.5) is 0 Å². The molecule has 0 unspecified atom stereocenters. The number of unbranched alkanes of at least 4 members (excludes halogenated alkanes) is 2. The van der Waals surface area contributed by atoms with Crippen LogP contribution in [0.15, 0.2) is 38.4 Å². The van der Waals surface area contributed by atoms with Crippen LogP contribution in [0.2, 0.25) is 5.02 Å². The summed E-state index contributed by atoms with van der Waals surface area (Å²) in [7, 11) is -4.59. The summed E-state index contributed by atoms with van der Waals surface area (Å²) >= 11 is 6.93. The number of imide groups is 1. The normalized spacial score (nSPS) is 14.1. The molecule has 0 spiro atoms. The molecule has 2 N–H and O–H groups in total. The van der Waals surface area contributed by atoms with Crippen molar-refractivity contribution in [1.82, 2.24) is 5.06 Å². The van der Waals surface area contributed by atoms with Crippen molar-refractivity contribution in [2.24, 2.45) is 0 Å². The minimum atomic E-state index is -4.59. The monoisotopic (exact) mass is 569 g/mol. The minimum Gasteiger partial charge on any atom is -0.506 e. The highest BCUT2D eigenvalue weighted by molar-refractivity contribution is 7.86. The fraction of sp³-hybridized carbons (Fsp3) is 0.304. The Balaban J connectivity index is 1.44. The Kier molecular flexibility index (Phi) is 7.69. The van der Waals surface area contributed by atoms with Gasteiger partial charge in [0.2, 0.25) is 0 Å². The number of nitrogens with zero attached hydrogens (tertiary/aromatic N) is 1. The highest BCUT2D eigenvalue weighted by Gasteiger charge is 2.32. The van der Waals surface area contributed by atoms with Crippen molar-refractivity contribution in [2.45, 2.75) is 49.8 Å². The predicted molar refractivity (Wildman–Crippen MR) is 132 cm³/mol. The summed E-state index contributed by atoms with van der Waals surface area (Å²) in [5.41, 5.74) is -0.610. The number of fused-ring (bicyclic) bond motifs is 1. The second kappa shape index (κ2) is 10.6. The molecule has 1 aliphatic heterocycles. The molecule has 3 aromatic rings. The lowest BCUT2D eigenvalue weighted by Crippen LogP contribution is -2.31. The summed E-state index contributed by atoms with van der Waals surface area (Å²) in [6.45, 7) is 0. The maximum Gasteiger partial charge on any atom is 0.345 e. The number of carbonyl (C=O) groups is 3. The van der Waals surface area contributed by atoms with E-state index >= 15 is 0 Å². The number of amides is 2. The van der Waals surface area contributed by atoms with Crippen LogP contribution < -0.4 is 5.63 Å². The smallest absolute Gasteiger partial charge is 0.345 e. The maximum absolute atomic E-state index is 12.6. The van der Waals surface area contributed by atoms with Crippen LogP contribution in [-0.2, 0) is 35.8 Å². The van der Waals surface area contributed by atoms with Gasteiger partial charge in [0, 0.05) is 40.5 Å². The zero-order valence-electron chi connectivity index (χ0n) is 19.1. The van der Waals surface area contributed by atoms with Crippen LogP contribution >= 0.6 is 22.9 Å². The van der Waals surface area contributed by atoms with Crippen molar-refractivity contribution in [3.05, 3.63) is 44.6 Å². The molecule has 37 heavy (non-hydrogen) atoms. The molecule has 0 atom stereocenters. The van der Waals surface area contributed by atoms with E-state index < -0.39 is 33.5 Å². The molecule has 14 heteroatoms. The number of aromatic hydroxyl groups is 1. The zero-order chi connectivity index (χ0) is 26.9. The average Bonchev–Trinajstić information content (AvgIpc) is 3.38. The third-order valence-corrected chi connectivity index (χ3v) is 8.18. The van der Waals surface area contributed by atoms with E-state index in [9.17, 15) is 37.3 Å². The van der Waals surface area contributed by atoms with Crippen LogP contribution in [0.5, 0.6) is 5.75 Å². The molecule has 196 valence electrons. The number of halogens is 1. The molecule has 1 saturated heterocycles. The van der Waals surface area contributed by atoms with Crippen molar-refractivity contribution in [3.63, 3.8) is 0 Å². The molecule has 0 aliphatic carbocycles. The van der Waals surface area contributed by atoms with E-state index in [1.807, 2.05) is 0 Å². The van der Waals surface area contributed by atoms with Gasteiger partial charge in [-0.05, 0) is 37.5 Å². The SMILES string of the molecule is O=C(CCCCCc1sc(-c2cc3cc(Cl)c(O)cc3oc2=O)cc1S(=O)(=O)O)ON1C(=O)CCC1=O. The molecule has 1 aromatic carbocycles. The Morgan fingerprint density at radius 3 is 2.46 bits per heavy atom. The van der Waals surface area contributed by atoms with Gasteiger partial charge in [-0.15, -0.1) is 16.4 Å². The first-order chi connectivity index (χ1) is 17.4. The quantitative estimate of drug-likeness (QED) is 0.167. The first kappa shape index (κ1) is 26.8. The molecule has 1 fully saturated rings. The van der Waals surface area contributed by atoms with Crippen LogP contribution in [0.3, 0.4) is 0 Å². The fourth-order valence-corrected chi connectivity index (χ4v) is 6.22. The van der Waals surface area contributed by atoms with Gasteiger partial charge in [0.05, 0.1) is 10.6 Å². The van der Waals surface area contributed by atoms with Gasteiger partial charge in [-0.2, -0.15) is 8.42 Å². The molecule has 1 aliphatic rings. The molecule has 0 bridgehead atoms. The lowest BCUT2D eigenvalue weighted by atomic mass is 10.1. The van der Waals surface area contributed by atoms with Crippen LogP contribution in [-0.4, -0.2) is 40.9 Å². The molecule has 11 nitrogen and oxygen atoms in total. The Bertz CT molecular complexity index is 1560. The summed E-state index contributed by atoms with van der Waals surface area (Å²) in [5.74, 6) is -2.11. The number of hydroxylamine groups is 2. The summed E-state index contributed by atoms with van der Waals surface area (Å²) in [6, 6.07) is 5.24. The van der Waals surface area contributed by atoms with E-state index in [1.54, 1.807) is 0 Å². The van der Waals surface area contributed by atoms with E-state index in [0.29, 0.717) is 34.6 Å². The second-order valence-electron chi connectivity index (χ2n) is 8.27. The summed E-state index contributed by atoms with van der Waals surface area (Å²) in [4.78, 5) is 52.5. The largest absolute Gasteiger partial charge is 0.506 e. The summed E-state index contributed by atoms with van der Waals surface area (Å²) in [6.07, 6.45) is 1.47. The Labute approximate surface area is 218 Å². The average molecular weight is 570 g/mol. The number of aryl methyl sites for hydroxylation is 1. The van der Waals surface area contributed by atoms with E-state index in [-0.39, 0.29) is 57.4 Å². The van der Waals surface area contributed by atoms with Crippen molar-refractivity contribution in [2.75, 3.05) is 0 Å². The van der Waals surface area contributed by atoms with Crippen molar-refractivity contribution < 1.29 is 41.7 Å². The van der Waals surface area contributed by atoms with Crippen molar-refractivity contribution in [3.8, 4) is 16.2 Å². The molecule has 0 radical (unpaired) electrons. The number of thiophene rings is 1. The van der Waals surface area contributed by atoms with Gasteiger partial charge in [-0.25, -0.2) is 9.59 Å². The van der Waals surface area contributed by atoms with Gasteiger partial charge in [-0.1, -0.05) is 18.0 Å². The van der Waals surface area contributed by atoms with Gasteiger partial charge in [0.15, 0.2) is 0 Å². The third-order valence-electron chi connectivity index (χ3n) is 5.60. The predicted octanol–water partition coefficient (Wildman–Crippen LogP) is 3.84. The molecule has 4 rings (SSSR count). The van der Waals surface area contributed by atoms with Crippen molar-refractivity contribution >= 4 is 61.8 Å². The Morgan fingerprint density at radius 2 is 1.78 bits per heavy atom. The van der Waals surface area contributed by atoms with Crippen molar-refractivity contribution in [1.29, 1.82) is 0 Å². The third kappa shape index (κ3) is 6.01. The van der Waals surface area contributed by atoms with Gasteiger partial charge in [0.25, 0.3) is 21.9 Å². The fourth-order valence-electron chi connectivity index (χ4n) is 3.77. The summed E-state index contributed by atoms with van der Waals surface area (Å²) < 4.78 is 38.9. The molecule has 3 heterocycles. The lowest BCUT2D eigenvalue weighted by molar-refractivity contribution is -0.197. The highest BCUT2D eigenvalue weighted by atomic mass is 35.5. The zero-order valence-corrected chi connectivity index (χ0v) is 21.5. The van der Waals surface area contributed by atoms with Crippen LogP contribution in [0.25, 0.3) is 21.4 Å². The van der Waals surface area contributed by atoms with E-state index in [4.69, 9.17) is 20.9 Å². The Hall–Kier alpha value is -3.26. The minimum absolute atomic E-state index is 0.00346. The van der Waals surface area contributed by atoms with Gasteiger partial charge in [-0.3, -0.25) is 14.1 Å². The van der Waals surface area contributed by atoms with E-state index in [0.717, 1.165) is 11.3 Å². The molecule has 0 saturated carbocycles. The standard InChI is InChI=1S/C23H20ClNO10S2/c24-14-9-12-8-13(23(30)34-16(12)10-15(14)26)18-11-19(37(31,32)33)17(36-18)4-2-1-3-5-22(29)35-25-20(27)6-7-21(25)28/h8-11,26H,1-7H2,(H,31,32,33). The molecule has 2 amide bonds. The molecule has 2 aromatic heterocycles. The number of hydrogen-bond acceptors (Lipinski definition) is 10. The van der Waals surface area contributed by atoms with Gasteiger partial charge >= 0.3 is 11.6 Å². The number of benzene rings is 1. The lowest BCUT2D eigenvalue weighted by Gasteiger charge is -2.12. The number of hydrogen-bond donors (Lipinski definition) is 2. The molecular weight excluding hydrogens is 550 g/mol. The van der Waals surface area contributed by atoms with Crippen LogP contribution in [0, 0.1) is 0 Å². The number of carbonyl (C=O) groups excluding carboxylic acids is 3. The number of rotatable bonds is 9. The first-order valence-electron chi connectivity index (χ1n) is 11.1. The maximum atomic E-state index is 12.6. The van der Waals surface area contributed by atoms with E-state index in [2.05, 4.69) is 0 Å². The van der Waals surface area contributed by atoms with Gasteiger partial charge in [0.1, 0.15) is 16.2 Å². The van der Waals surface area contributed by atoms with Gasteiger partial charge < -0.3 is 14.4 Å². The topological polar surface area (TPSA) is 168 Å². The number of phenols is 1. The number of phenolic OH excluding ortho intramolecular Hbond substituents is 1.